The molecule has 0 fully saturated rings. The van der Waals surface area contributed by atoms with Crippen LogP contribution in [0.5, 0.6) is 0 Å². The number of carbonyl (C=O) groups is 1. The van der Waals surface area contributed by atoms with Crippen LogP contribution in [-0.2, 0) is 4.79 Å². The summed E-state index contributed by atoms with van der Waals surface area (Å²) in [6, 6.07) is 1.80. The number of amides is 1. The van der Waals surface area contributed by atoms with E-state index in [2.05, 4.69) is 20.6 Å². The van der Waals surface area contributed by atoms with E-state index in [9.17, 15) is 4.79 Å². The molecule has 0 saturated carbocycles. The maximum Gasteiger partial charge on any atom is 0.239 e. The Labute approximate surface area is 95.1 Å². The Hall–Kier alpha value is -1.85. The Bertz CT molecular complexity index is 353. The number of nitrogens with zero attached hydrogens (tertiary/aromatic N) is 3. The van der Waals surface area contributed by atoms with E-state index in [1.165, 1.54) is 0 Å². The van der Waals surface area contributed by atoms with E-state index in [1.807, 2.05) is 25.9 Å². The molecule has 88 valence electrons. The van der Waals surface area contributed by atoms with Crippen LogP contribution in [0.15, 0.2) is 12.3 Å². The third kappa shape index (κ3) is 3.72. The normalized spacial score (nSPS) is 9.69. The third-order valence-corrected chi connectivity index (χ3v) is 1.88. The van der Waals surface area contributed by atoms with Crippen molar-refractivity contribution >= 4 is 17.7 Å². The summed E-state index contributed by atoms with van der Waals surface area (Å²) in [4.78, 5) is 21.3. The van der Waals surface area contributed by atoms with Gasteiger partial charge in [0, 0.05) is 26.8 Å². The largest absolute Gasteiger partial charge is 0.363 e. The molecule has 2 N–H and O–H groups in total. The smallest absolute Gasteiger partial charge is 0.239 e. The van der Waals surface area contributed by atoms with Crippen molar-refractivity contribution in [2.24, 2.45) is 0 Å². The number of hydrogen-bond donors (Lipinski definition) is 2. The number of carbonyl (C=O) groups excluding carboxylic acids is 1. The van der Waals surface area contributed by atoms with Gasteiger partial charge in [0.2, 0.25) is 11.9 Å². The molecule has 0 unspecified atom stereocenters. The summed E-state index contributed by atoms with van der Waals surface area (Å²) in [5.41, 5.74) is 0. The van der Waals surface area contributed by atoms with Gasteiger partial charge in [-0.3, -0.25) is 4.79 Å². The van der Waals surface area contributed by atoms with Crippen molar-refractivity contribution in [2.45, 2.75) is 6.92 Å². The number of hydrogen-bond acceptors (Lipinski definition) is 5. The van der Waals surface area contributed by atoms with Gasteiger partial charge in [-0.05, 0) is 13.0 Å². The van der Waals surface area contributed by atoms with Crippen LogP contribution in [0.25, 0.3) is 0 Å². The summed E-state index contributed by atoms with van der Waals surface area (Å²) in [7, 11) is 3.80. The fourth-order valence-electron chi connectivity index (χ4n) is 1.10. The lowest BCUT2D eigenvalue weighted by Gasteiger charge is -2.12. The Morgan fingerprint density at radius 1 is 1.50 bits per heavy atom. The molecule has 0 atom stereocenters. The highest BCUT2D eigenvalue weighted by Gasteiger charge is 2.03. The standard InChI is InChI=1S/C10H17N5O/c1-4-11-9(16)7-13-10-12-6-5-8(14-10)15(2)3/h5-6H,4,7H2,1-3H3,(H,11,16)(H,12,13,14). The first-order valence-corrected chi connectivity index (χ1v) is 5.14. The molecular formula is C10H17N5O. The first-order chi connectivity index (χ1) is 7.63. The molecule has 6 heteroatoms. The predicted molar refractivity (Wildman–Crippen MR) is 63.5 cm³/mol. The monoisotopic (exact) mass is 223 g/mol. The van der Waals surface area contributed by atoms with Crippen LogP contribution in [0, 0.1) is 0 Å². The molecule has 0 aliphatic rings. The van der Waals surface area contributed by atoms with Crippen LogP contribution in [0.1, 0.15) is 6.92 Å². The molecule has 1 rings (SSSR count). The van der Waals surface area contributed by atoms with Gasteiger partial charge in [0.05, 0.1) is 6.54 Å². The zero-order valence-corrected chi connectivity index (χ0v) is 9.82. The van der Waals surface area contributed by atoms with Crippen LogP contribution in [0.2, 0.25) is 0 Å². The van der Waals surface area contributed by atoms with Crippen LogP contribution in [0.3, 0.4) is 0 Å². The van der Waals surface area contributed by atoms with E-state index in [-0.39, 0.29) is 12.5 Å². The van der Waals surface area contributed by atoms with Gasteiger partial charge >= 0.3 is 0 Å². The number of nitrogens with one attached hydrogen (secondary N) is 2. The fraction of sp³-hybridized carbons (Fsp3) is 0.500. The first kappa shape index (κ1) is 12.2. The van der Waals surface area contributed by atoms with E-state index in [4.69, 9.17) is 0 Å². The van der Waals surface area contributed by atoms with E-state index >= 15 is 0 Å². The van der Waals surface area contributed by atoms with Gasteiger partial charge in [-0.1, -0.05) is 0 Å². The second kappa shape index (κ2) is 5.89. The van der Waals surface area contributed by atoms with Crippen molar-refractivity contribution in [2.75, 3.05) is 37.4 Å². The van der Waals surface area contributed by atoms with Gasteiger partial charge < -0.3 is 15.5 Å². The van der Waals surface area contributed by atoms with Crippen molar-refractivity contribution in [3.8, 4) is 0 Å². The molecule has 1 aromatic heterocycles. The second-order valence-corrected chi connectivity index (χ2v) is 3.44. The van der Waals surface area contributed by atoms with Gasteiger partial charge in [0.1, 0.15) is 5.82 Å². The molecule has 0 spiro atoms. The Kier molecular flexibility index (Phi) is 4.50. The summed E-state index contributed by atoms with van der Waals surface area (Å²) in [6.07, 6.45) is 1.66. The molecule has 6 nitrogen and oxygen atoms in total. The summed E-state index contributed by atoms with van der Waals surface area (Å²) in [6.45, 7) is 2.69. The summed E-state index contributed by atoms with van der Waals surface area (Å²) < 4.78 is 0. The van der Waals surface area contributed by atoms with E-state index in [1.54, 1.807) is 12.3 Å². The van der Waals surface area contributed by atoms with E-state index in [0.29, 0.717) is 12.5 Å². The number of aromatic nitrogens is 2. The average molecular weight is 223 g/mol. The molecule has 0 aliphatic carbocycles. The fourth-order valence-corrected chi connectivity index (χ4v) is 1.10. The highest BCUT2D eigenvalue weighted by molar-refractivity contribution is 5.80. The van der Waals surface area contributed by atoms with E-state index in [0.717, 1.165) is 5.82 Å². The SMILES string of the molecule is CCNC(=O)CNc1nccc(N(C)C)n1. The molecule has 1 aromatic rings. The van der Waals surface area contributed by atoms with Crippen LogP contribution < -0.4 is 15.5 Å². The molecular weight excluding hydrogens is 206 g/mol. The number of likely N-dealkylation sites (N-methyl/N-ethyl adjacent to an activating group) is 1. The van der Waals surface area contributed by atoms with Crippen LogP contribution in [-0.4, -0.2) is 43.1 Å². The minimum Gasteiger partial charge on any atom is -0.363 e. The van der Waals surface area contributed by atoms with Crippen molar-refractivity contribution in [3.05, 3.63) is 12.3 Å². The van der Waals surface area contributed by atoms with Crippen LogP contribution in [0.4, 0.5) is 11.8 Å². The maximum atomic E-state index is 11.2. The summed E-state index contributed by atoms with van der Waals surface area (Å²) in [5.74, 6) is 1.19. The predicted octanol–water partition coefficient (Wildman–Crippen LogP) is 0.0906. The second-order valence-electron chi connectivity index (χ2n) is 3.44. The van der Waals surface area contributed by atoms with Gasteiger partial charge in [0.25, 0.3) is 0 Å². The number of anilines is 2. The topological polar surface area (TPSA) is 70.2 Å². The zero-order chi connectivity index (χ0) is 12.0. The zero-order valence-electron chi connectivity index (χ0n) is 9.82. The quantitative estimate of drug-likeness (QED) is 0.740. The molecule has 16 heavy (non-hydrogen) atoms. The summed E-state index contributed by atoms with van der Waals surface area (Å²) >= 11 is 0. The maximum absolute atomic E-state index is 11.2. The van der Waals surface area contributed by atoms with Gasteiger partial charge in [-0.25, -0.2) is 4.98 Å². The molecule has 0 aliphatic heterocycles. The molecule has 0 radical (unpaired) electrons. The van der Waals surface area contributed by atoms with Crippen LogP contribution >= 0.6 is 0 Å². The first-order valence-electron chi connectivity index (χ1n) is 5.14. The molecule has 0 bridgehead atoms. The molecule has 1 amide bonds. The van der Waals surface area contributed by atoms with E-state index < -0.39 is 0 Å². The highest BCUT2D eigenvalue weighted by Crippen LogP contribution is 2.07. The molecule has 1 heterocycles. The van der Waals surface area contributed by atoms with Crippen molar-refractivity contribution in [1.82, 2.24) is 15.3 Å². The minimum atomic E-state index is -0.0682. The molecule has 0 aromatic carbocycles. The van der Waals surface area contributed by atoms with Gasteiger partial charge in [-0.15, -0.1) is 0 Å². The Morgan fingerprint density at radius 2 is 2.25 bits per heavy atom. The Morgan fingerprint density at radius 3 is 2.88 bits per heavy atom. The lowest BCUT2D eigenvalue weighted by atomic mass is 10.5. The number of rotatable bonds is 5. The van der Waals surface area contributed by atoms with Gasteiger partial charge in [-0.2, -0.15) is 4.98 Å². The minimum absolute atomic E-state index is 0.0682. The highest BCUT2D eigenvalue weighted by atomic mass is 16.1. The Balaban J connectivity index is 2.54. The molecule has 0 saturated heterocycles. The van der Waals surface area contributed by atoms with Crippen molar-refractivity contribution in [1.29, 1.82) is 0 Å². The lowest BCUT2D eigenvalue weighted by Crippen LogP contribution is -2.30. The third-order valence-electron chi connectivity index (χ3n) is 1.88. The van der Waals surface area contributed by atoms with Crippen molar-refractivity contribution in [3.63, 3.8) is 0 Å². The lowest BCUT2D eigenvalue weighted by molar-refractivity contribution is -0.119. The summed E-state index contributed by atoms with van der Waals surface area (Å²) in [5, 5.41) is 5.55. The van der Waals surface area contributed by atoms with Gasteiger partial charge in [0.15, 0.2) is 0 Å². The average Bonchev–Trinajstić information content (AvgIpc) is 2.27. The van der Waals surface area contributed by atoms with Crippen molar-refractivity contribution < 1.29 is 4.79 Å².